The van der Waals surface area contributed by atoms with Crippen LogP contribution in [0.5, 0.6) is 11.8 Å². The van der Waals surface area contributed by atoms with Gasteiger partial charge in [0.2, 0.25) is 11.8 Å². The molecule has 1 N–H and O–H groups in total. The van der Waals surface area contributed by atoms with Crippen molar-refractivity contribution in [2.24, 2.45) is 11.8 Å². The minimum absolute atomic E-state index is 0.136. The quantitative estimate of drug-likeness (QED) is 0.150. The van der Waals surface area contributed by atoms with Crippen LogP contribution in [0.4, 0.5) is 4.39 Å². The van der Waals surface area contributed by atoms with E-state index in [-0.39, 0.29) is 11.8 Å². The number of aryl methyl sites for hydroxylation is 6. The zero-order chi connectivity index (χ0) is 48.3. The first-order valence-electron chi connectivity index (χ1n) is 24.9. The summed E-state index contributed by atoms with van der Waals surface area (Å²) < 4.78 is 25.2. The first-order chi connectivity index (χ1) is 31.9. The summed E-state index contributed by atoms with van der Waals surface area (Å²) in [5, 5.41) is 3.47. The van der Waals surface area contributed by atoms with Gasteiger partial charge in [0.25, 0.3) is 11.8 Å². The van der Waals surface area contributed by atoms with Crippen molar-refractivity contribution >= 4 is 34.5 Å². The second kappa shape index (κ2) is 21.8. The van der Waals surface area contributed by atoms with E-state index >= 15 is 0 Å². The number of piperidine rings is 2. The molecule has 0 aromatic carbocycles. The zero-order valence-corrected chi connectivity index (χ0v) is 44.2. The number of hydrogen-bond donors (Lipinski definition) is 1. The summed E-state index contributed by atoms with van der Waals surface area (Å²) in [7, 11) is 3.30. The Hall–Kier alpha value is -3.91. The van der Waals surface area contributed by atoms with Gasteiger partial charge in [-0.3, -0.25) is 9.59 Å². The van der Waals surface area contributed by atoms with Crippen LogP contribution >= 0.6 is 22.7 Å². The van der Waals surface area contributed by atoms with E-state index in [1.54, 1.807) is 28.1 Å². The van der Waals surface area contributed by atoms with Gasteiger partial charge in [-0.05, 0) is 191 Å². The maximum Gasteiger partial charge on any atom is 0.255 e. The van der Waals surface area contributed by atoms with Crippen molar-refractivity contribution in [1.82, 2.24) is 30.0 Å². The van der Waals surface area contributed by atoms with Gasteiger partial charge >= 0.3 is 0 Å². The third-order valence-corrected chi connectivity index (χ3v) is 18.1. The molecule has 4 aromatic heterocycles. The predicted octanol–water partition coefficient (Wildman–Crippen LogP) is 11.0. The Morgan fingerprint density at radius 1 is 0.701 bits per heavy atom. The second-order valence-electron chi connectivity index (χ2n) is 20.6. The summed E-state index contributed by atoms with van der Waals surface area (Å²) in [5.41, 5.74) is 9.22. The van der Waals surface area contributed by atoms with E-state index in [1.807, 2.05) is 46.3 Å². The van der Waals surface area contributed by atoms with Gasteiger partial charge in [-0.1, -0.05) is 13.8 Å². The standard InChI is InChI=1S/C29H42FN3O2S.C25H35N3O2S/c1-18-15-19(2)31-27(35-7)23(18)16-33-12-8-9-24-25(28(33)34)21(4)26(36-24)20(3)22-10-13-32(14-11-22)17-29(5,6)30;1-15-13-16(2)27-24(30-5)20(15)14-28-12-6-7-21-22(25(28)29)18(4)23(31-21)17(3)19-8-10-26-11-9-19/h15,20,22H,8-14,16-17H2,1-7H3;13,17,19,26H,6-12,14H2,1-5H3/t20-;17-/m11/s1. The van der Waals surface area contributed by atoms with Crippen LogP contribution in [0.25, 0.3) is 0 Å². The summed E-state index contributed by atoms with van der Waals surface area (Å²) in [5.74, 6) is 3.77. The highest BCUT2D eigenvalue weighted by atomic mass is 32.1. The second-order valence-corrected chi connectivity index (χ2v) is 22.8. The van der Waals surface area contributed by atoms with Crippen molar-refractivity contribution in [3.63, 3.8) is 0 Å². The minimum Gasteiger partial charge on any atom is -0.481 e. The van der Waals surface area contributed by atoms with Crippen molar-refractivity contribution < 1.29 is 23.5 Å². The third-order valence-electron chi connectivity index (χ3n) is 15.0. The number of thiophene rings is 2. The summed E-state index contributed by atoms with van der Waals surface area (Å²) in [4.78, 5) is 48.2. The molecule has 0 radical (unpaired) electrons. The molecule has 8 heterocycles. The van der Waals surface area contributed by atoms with Gasteiger partial charge in [0, 0.05) is 61.7 Å². The molecule has 4 aliphatic heterocycles. The zero-order valence-electron chi connectivity index (χ0n) is 42.5. The highest BCUT2D eigenvalue weighted by molar-refractivity contribution is 7.13. The van der Waals surface area contributed by atoms with Crippen LogP contribution in [-0.2, 0) is 25.9 Å². The molecule has 13 heteroatoms. The van der Waals surface area contributed by atoms with Gasteiger partial charge in [-0.25, -0.2) is 14.4 Å². The number of carbonyl (C=O) groups is 2. The van der Waals surface area contributed by atoms with Crippen LogP contribution in [-0.4, -0.2) is 102 Å². The molecule has 8 rings (SSSR count). The fraction of sp³-hybridized carbons (Fsp3) is 0.630. The maximum absolute atomic E-state index is 14.1. The average molecular weight is 957 g/mol. The Bertz CT molecular complexity index is 2390. The number of hydrogen-bond acceptors (Lipinski definition) is 10. The highest BCUT2D eigenvalue weighted by Gasteiger charge is 2.35. The van der Waals surface area contributed by atoms with E-state index < -0.39 is 5.67 Å². The molecule has 4 aromatic rings. The van der Waals surface area contributed by atoms with Crippen LogP contribution in [0.1, 0.15) is 163 Å². The molecule has 2 saturated heterocycles. The molecule has 0 bridgehead atoms. The van der Waals surface area contributed by atoms with Gasteiger partial charge in [0.15, 0.2) is 0 Å². The maximum atomic E-state index is 14.1. The number of aromatic nitrogens is 2. The van der Waals surface area contributed by atoms with E-state index in [0.717, 1.165) is 128 Å². The molecule has 10 nitrogen and oxygen atoms in total. The lowest BCUT2D eigenvalue weighted by molar-refractivity contribution is 0.0739. The lowest BCUT2D eigenvalue weighted by atomic mass is 9.83. The van der Waals surface area contributed by atoms with Crippen LogP contribution in [0, 0.1) is 53.4 Å². The number of pyridine rings is 2. The van der Waals surface area contributed by atoms with E-state index in [4.69, 9.17) is 9.47 Å². The Morgan fingerprint density at radius 3 is 1.52 bits per heavy atom. The average Bonchev–Trinajstić information content (AvgIpc) is 3.68. The van der Waals surface area contributed by atoms with Gasteiger partial charge in [-0.15, -0.1) is 22.7 Å². The normalized spacial score (nSPS) is 18.7. The monoisotopic (exact) mass is 957 g/mol. The predicted molar refractivity (Wildman–Crippen MR) is 272 cm³/mol. The molecular formula is C54H77FN6O4S2. The van der Waals surface area contributed by atoms with Crippen molar-refractivity contribution in [3.05, 3.63) is 87.5 Å². The van der Waals surface area contributed by atoms with E-state index in [9.17, 15) is 14.0 Å². The SMILES string of the molecule is COc1nc(C)cc(C)c1CN1CCCc2sc([C@H](C)C3CCN(CC(C)(C)F)CC3)c(C)c2C1=O.COc1nc(C)cc(C)c1CN1CCCc2sc([C@H](C)C3CCNCC3)c(C)c2C1=O. The molecule has 0 spiro atoms. The fourth-order valence-corrected chi connectivity index (χ4v) is 14.3. The number of nitrogens with one attached hydrogen (secondary N) is 1. The first kappa shape index (κ1) is 51.0. The number of ether oxygens (including phenoxy) is 2. The van der Waals surface area contributed by atoms with E-state index in [1.165, 1.54) is 37.9 Å². The van der Waals surface area contributed by atoms with Crippen LogP contribution in [0.15, 0.2) is 12.1 Å². The largest absolute Gasteiger partial charge is 0.481 e. The number of alkyl halides is 1. The fourth-order valence-electron chi connectivity index (χ4n) is 11.3. The molecule has 0 aliphatic carbocycles. The molecular weight excluding hydrogens is 880 g/mol. The Morgan fingerprint density at radius 2 is 1.12 bits per heavy atom. The van der Waals surface area contributed by atoms with Gasteiger partial charge in [0.05, 0.1) is 38.4 Å². The van der Waals surface area contributed by atoms with Crippen LogP contribution < -0.4 is 14.8 Å². The van der Waals surface area contributed by atoms with E-state index in [0.29, 0.717) is 55.1 Å². The summed E-state index contributed by atoms with van der Waals surface area (Å²) in [6.07, 6.45) is 8.51. The Balaban J connectivity index is 0.000000201. The number of nitrogens with zero attached hydrogens (tertiary/aromatic N) is 5. The number of rotatable bonds is 12. The smallest absolute Gasteiger partial charge is 0.255 e. The molecule has 366 valence electrons. The molecule has 2 fully saturated rings. The lowest BCUT2D eigenvalue weighted by Gasteiger charge is -2.36. The van der Waals surface area contributed by atoms with Gasteiger partial charge < -0.3 is 29.5 Å². The van der Waals surface area contributed by atoms with Crippen molar-refractivity contribution in [3.8, 4) is 11.8 Å². The van der Waals surface area contributed by atoms with Crippen molar-refractivity contribution in [1.29, 1.82) is 0 Å². The van der Waals surface area contributed by atoms with Gasteiger partial charge in [-0.2, -0.15) is 0 Å². The number of amides is 2. The summed E-state index contributed by atoms with van der Waals surface area (Å²) in [6.45, 7) is 27.6. The Kier molecular flexibility index (Phi) is 16.6. The molecule has 4 aliphatic rings. The summed E-state index contributed by atoms with van der Waals surface area (Å²) >= 11 is 3.75. The minimum atomic E-state index is -1.15. The number of fused-ring (bicyclic) bond motifs is 2. The number of carbonyl (C=O) groups excluding carboxylic acids is 2. The highest BCUT2D eigenvalue weighted by Crippen LogP contribution is 2.44. The molecule has 67 heavy (non-hydrogen) atoms. The number of methoxy groups -OCH3 is 2. The summed E-state index contributed by atoms with van der Waals surface area (Å²) in [6, 6.07) is 4.13. The molecule has 2 amide bonds. The molecule has 0 saturated carbocycles. The van der Waals surface area contributed by atoms with Crippen molar-refractivity contribution in [2.75, 3.05) is 60.0 Å². The number of halogens is 1. The third kappa shape index (κ3) is 11.6. The molecule has 0 unspecified atom stereocenters. The first-order valence-corrected chi connectivity index (χ1v) is 26.5. The van der Waals surface area contributed by atoms with Crippen LogP contribution in [0.3, 0.4) is 0 Å². The topological polar surface area (TPSA) is 100 Å². The lowest BCUT2D eigenvalue weighted by Crippen LogP contribution is -2.41. The van der Waals surface area contributed by atoms with Crippen LogP contribution in [0.2, 0.25) is 0 Å². The van der Waals surface area contributed by atoms with Gasteiger partial charge in [0.1, 0.15) is 5.67 Å². The van der Waals surface area contributed by atoms with E-state index in [2.05, 4.69) is 73.9 Å². The number of likely N-dealkylation sites (tertiary alicyclic amines) is 1. The Labute approximate surface area is 408 Å². The van der Waals surface area contributed by atoms with Crippen molar-refractivity contribution in [2.45, 2.75) is 151 Å². The molecule has 2 atom stereocenters.